The molecule has 0 radical (unpaired) electrons. The Balaban J connectivity index is 2.14. The van der Waals surface area contributed by atoms with Crippen LogP contribution in [0.25, 0.3) is 0 Å². The van der Waals surface area contributed by atoms with Gasteiger partial charge in [0.1, 0.15) is 5.92 Å². The number of carbonyl (C=O) groups is 3. The molecule has 3 rings (SSSR count). The molecular weight excluding hydrogens is 312 g/mol. The number of nitrogens with zero attached hydrogens (tertiary/aromatic N) is 1. The van der Waals surface area contributed by atoms with Crippen LogP contribution in [0.4, 0.5) is 10.5 Å². The van der Waals surface area contributed by atoms with E-state index in [0.717, 1.165) is 4.90 Å². The van der Waals surface area contributed by atoms with Crippen molar-refractivity contribution in [3.8, 4) is 0 Å². The van der Waals surface area contributed by atoms with Crippen molar-refractivity contribution < 1.29 is 14.4 Å². The van der Waals surface area contributed by atoms with Crippen LogP contribution in [0.3, 0.4) is 0 Å². The zero-order valence-electron chi connectivity index (χ0n) is 10.6. The molecule has 0 aliphatic carbocycles. The van der Waals surface area contributed by atoms with E-state index in [1.165, 1.54) is 23.5 Å². The average Bonchev–Trinajstić information content (AvgIpc) is 3.03. The Kier molecular flexibility index (Phi) is 3.27. The molecule has 0 saturated carbocycles. The summed E-state index contributed by atoms with van der Waals surface area (Å²) in [7, 11) is 0. The Morgan fingerprint density at radius 2 is 2.05 bits per heavy atom. The van der Waals surface area contributed by atoms with Gasteiger partial charge in [0.2, 0.25) is 0 Å². The van der Waals surface area contributed by atoms with Gasteiger partial charge in [0.25, 0.3) is 5.91 Å². The minimum Gasteiger partial charge on any atom is -0.351 e. The normalized spacial score (nSPS) is 16.9. The molecule has 0 saturated heterocycles. The molecule has 7 heteroatoms. The van der Waals surface area contributed by atoms with Crippen molar-refractivity contribution in [1.29, 1.82) is 0 Å². The highest BCUT2D eigenvalue weighted by Gasteiger charge is 2.44. The molecule has 106 valence electrons. The van der Waals surface area contributed by atoms with Crippen molar-refractivity contribution >= 4 is 46.3 Å². The number of ketones is 1. The van der Waals surface area contributed by atoms with E-state index >= 15 is 0 Å². The third-order valence-corrected chi connectivity index (χ3v) is 4.22. The van der Waals surface area contributed by atoms with E-state index in [1.54, 1.807) is 22.9 Å². The second kappa shape index (κ2) is 4.98. The third kappa shape index (κ3) is 2.12. The summed E-state index contributed by atoms with van der Waals surface area (Å²) < 4.78 is 0. The van der Waals surface area contributed by atoms with Gasteiger partial charge in [-0.25, -0.2) is 9.69 Å². The monoisotopic (exact) mass is 320 g/mol. The first kappa shape index (κ1) is 13.8. The molecule has 5 nitrogen and oxygen atoms in total. The smallest absolute Gasteiger partial charge is 0.326 e. The van der Waals surface area contributed by atoms with Crippen molar-refractivity contribution in [3.05, 3.63) is 51.2 Å². The first-order valence-electron chi connectivity index (χ1n) is 6.00. The summed E-state index contributed by atoms with van der Waals surface area (Å²) in [4.78, 5) is 37.3. The van der Waals surface area contributed by atoms with E-state index in [4.69, 9.17) is 17.3 Å². The SMILES string of the molecule is NC(=O)N1C(=O)C(C(=O)c2ccsc2)c2cc(Cl)ccc21. The fourth-order valence-electron chi connectivity index (χ4n) is 2.39. The fraction of sp³-hybridized carbons (Fsp3) is 0.0714. The number of primary amides is 1. The average molecular weight is 321 g/mol. The predicted octanol–water partition coefficient (Wildman–Crippen LogP) is 2.79. The number of fused-ring (bicyclic) bond motifs is 1. The molecule has 0 bridgehead atoms. The van der Waals surface area contributed by atoms with Crippen LogP contribution in [0.15, 0.2) is 35.0 Å². The first-order valence-corrected chi connectivity index (χ1v) is 7.32. The topological polar surface area (TPSA) is 80.5 Å². The van der Waals surface area contributed by atoms with Crippen LogP contribution in [-0.2, 0) is 4.79 Å². The van der Waals surface area contributed by atoms with Crippen molar-refractivity contribution in [1.82, 2.24) is 0 Å². The van der Waals surface area contributed by atoms with Crippen molar-refractivity contribution in [2.24, 2.45) is 5.73 Å². The Morgan fingerprint density at radius 1 is 1.29 bits per heavy atom. The van der Waals surface area contributed by atoms with Crippen LogP contribution in [0, 0.1) is 0 Å². The maximum Gasteiger partial charge on any atom is 0.326 e. The number of nitrogens with two attached hydrogens (primary N) is 1. The third-order valence-electron chi connectivity index (χ3n) is 3.30. The number of imide groups is 1. The lowest BCUT2D eigenvalue weighted by molar-refractivity contribution is -0.117. The lowest BCUT2D eigenvalue weighted by Gasteiger charge is -2.12. The van der Waals surface area contributed by atoms with Crippen LogP contribution in [0.5, 0.6) is 0 Å². The zero-order chi connectivity index (χ0) is 15.1. The molecule has 1 aliphatic rings. The predicted molar refractivity (Wildman–Crippen MR) is 79.9 cm³/mol. The molecular formula is C14H9ClN2O3S. The second-order valence-electron chi connectivity index (χ2n) is 4.52. The molecule has 1 aliphatic heterocycles. The molecule has 3 amide bonds. The van der Waals surface area contributed by atoms with E-state index in [2.05, 4.69) is 0 Å². The number of rotatable bonds is 2. The van der Waals surface area contributed by atoms with E-state index in [-0.39, 0.29) is 5.78 Å². The maximum atomic E-state index is 12.5. The van der Waals surface area contributed by atoms with Crippen molar-refractivity contribution in [3.63, 3.8) is 0 Å². The van der Waals surface area contributed by atoms with E-state index < -0.39 is 17.9 Å². The molecule has 1 aromatic heterocycles. The van der Waals surface area contributed by atoms with Crippen molar-refractivity contribution in [2.45, 2.75) is 5.92 Å². The van der Waals surface area contributed by atoms with Crippen LogP contribution in [0.2, 0.25) is 5.02 Å². The van der Waals surface area contributed by atoms with Gasteiger partial charge in [0.15, 0.2) is 5.78 Å². The number of halogens is 1. The van der Waals surface area contributed by atoms with Crippen LogP contribution in [-0.4, -0.2) is 17.7 Å². The standard InChI is InChI=1S/C14H9ClN2O3S/c15-8-1-2-10-9(5-8)11(13(19)17(10)14(16)20)12(18)7-3-4-21-6-7/h1-6,11H,(H2,16,20). The number of Topliss-reactive ketones (excluding diaryl/α,β-unsaturated/α-hetero) is 1. The number of thiophene rings is 1. The molecule has 1 unspecified atom stereocenters. The number of hydrogen-bond acceptors (Lipinski definition) is 4. The van der Waals surface area contributed by atoms with Crippen LogP contribution in [0.1, 0.15) is 21.8 Å². The second-order valence-corrected chi connectivity index (χ2v) is 5.74. The number of hydrogen-bond donors (Lipinski definition) is 1. The fourth-order valence-corrected chi connectivity index (χ4v) is 3.22. The van der Waals surface area contributed by atoms with E-state index in [1.807, 2.05) is 0 Å². The molecule has 2 aromatic rings. The largest absolute Gasteiger partial charge is 0.351 e. The van der Waals surface area contributed by atoms with Crippen LogP contribution < -0.4 is 10.6 Å². The van der Waals surface area contributed by atoms with E-state index in [9.17, 15) is 14.4 Å². The lowest BCUT2D eigenvalue weighted by Crippen LogP contribution is -2.40. The van der Waals surface area contributed by atoms with Gasteiger partial charge < -0.3 is 5.73 Å². The van der Waals surface area contributed by atoms with Gasteiger partial charge in [-0.15, -0.1) is 0 Å². The lowest BCUT2D eigenvalue weighted by atomic mass is 9.93. The Bertz CT molecular complexity index is 758. The highest BCUT2D eigenvalue weighted by molar-refractivity contribution is 7.08. The molecule has 21 heavy (non-hydrogen) atoms. The number of benzene rings is 1. The first-order chi connectivity index (χ1) is 10.0. The Morgan fingerprint density at radius 3 is 2.67 bits per heavy atom. The summed E-state index contributed by atoms with van der Waals surface area (Å²) in [6.07, 6.45) is 0. The van der Waals surface area contributed by atoms with E-state index in [0.29, 0.717) is 21.8 Å². The van der Waals surface area contributed by atoms with Gasteiger partial charge in [-0.1, -0.05) is 11.6 Å². The molecule has 1 aromatic carbocycles. The molecule has 2 N–H and O–H groups in total. The highest BCUT2D eigenvalue weighted by atomic mass is 35.5. The minimum absolute atomic E-state index is 0.311. The Hall–Kier alpha value is -2.18. The summed E-state index contributed by atoms with van der Waals surface area (Å²) >= 11 is 7.29. The number of anilines is 1. The van der Waals surface area contributed by atoms with Crippen LogP contribution >= 0.6 is 22.9 Å². The number of urea groups is 1. The summed E-state index contributed by atoms with van der Waals surface area (Å²) in [6.45, 7) is 0. The van der Waals surface area contributed by atoms with Crippen molar-refractivity contribution in [2.75, 3.05) is 4.90 Å². The summed E-state index contributed by atoms with van der Waals surface area (Å²) in [5.74, 6) is -2.09. The Labute approximate surface area is 128 Å². The summed E-state index contributed by atoms with van der Waals surface area (Å²) in [5.41, 5.74) is 6.39. The number of carbonyl (C=O) groups excluding carboxylic acids is 3. The quantitative estimate of drug-likeness (QED) is 0.682. The van der Waals surface area contributed by atoms with Gasteiger partial charge >= 0.3 is 6.03 Å². The molecule has 0 spiro atoms. The molecule has 0 fully saturated rings. The minimum atomic E-state index is -1.08. The van der Waals surface area contributed by atoms with Gasteiger partial charge in [0, 0.05) is 16.0 Å². The van der Waals surface area contributed by atoms with Gasteiger partial charge in [-0.2, -0.15) is 11.3 Å². The summed E-state index contributed by atoms with van der Waals surface area (Å²) in [6, 6.07) is 5.30. The van der Waals surface area contributed by atoms with Gasteiger partial charge in [-0.05, 0) is 35.2 Å². The molecule has 1 atom stereocenters. The van der Waals surface area contributed by atoms with Gasteiger partial charge in [0.05, 0.1) is 5.69 Å². The highest BCUT2D eigenvalue weighted by Crippen LogP contribution is 2.40. The number of amides is 3. The summed E-state index contributed by atoms with van der Waals surface area (Å²) in [5, 5.41) is 3.79. The zero-order valence-corrected chi connectivity index (χ0v) is 12.1. The molecule has 2 heterocycles. The van der Waals surface area contributed by atoms with Gasteiger partial charge in [-0.3, -0.25) is 9.59 Å². The maximum absolute atomic E-state index is 12.5.